The van der Waals surface area contributed by atoms with Crippen LogP contribution in [0.5, 0.6) is 0 Å². The smallest absolute Gasteiger partial charge is 0.315 e. The molecule has 0 bridgehead atoms. The summed E-state index contributed by atoms with van der Waals surface area (Å²) in [5.41, 5.74) is 1.24. The van der Waals surface area contributed by atoms with Crippen molar-refractivity contribution in [2.24, 2.45) is 14.1 Å². The number of carbonyl (C=O) groups is 2. The molecule has 13 heteroatoms. The SMILES string of the molecule is Cc1ccccc1N1C[C@@H](c2nnc(NC(=O)Cn3cnc4c3c(=O)n(C)c(=O)n4C)s2)CC1=O. The maximum atomic E-state index is 12.7. The summed E-state index contributed by atoms with van der Waals surface area (Å²) >= 11 is 1.22. The van der Waals surface area contributed by atoms with Crippen LogP contribution in [0, 0.1) is 6.92 Å². The Balaban J connectivity index is 1.30. The Kier molecular flexibility index (Phi) is 5.55. The second-order valence-electron chi connectivity index (χ2n) is 8.44. The van der Waals surface area contributed by atoms with Gasteiger partial charge in [0.25, 0.3) is 5.56 Å². The van der Waals surface area contributed by atoms with Crippen LogP contribution in [-0.4, -0.2) is 47.2 Å². The van der Waals surface area contributed by atoms with Crippen molar-refractivity contribution in [3.63, 3.8) is 0 Å². The summed E-state index contributed by atoms with van der Waals surface area (Å²) < 4.78 is 3.62. The number of rotatable bonds is 5. The van der Waals surface area contributed by atoms with Gasteiger partial charge in [-0.25, -0.2) is 9.78 Å². The van der Waals surface area contributed by atoms with Gasteiger partial charge >= 0.3 is 5.69 Å². The van der Waals surface area contributed by atoms with E-state index >= 15 is 0 Å². The first kappa shape index (κ1) is 22.7. The topological polar surface area (TPSA) is 137 Å². The molecule has 5 rings (SSSR count). The Morgan fingerprint density at radius 1 is 1.14 bits per heavy atom. The minimum Gasteiger partial charge on any atom is -0.315 e. The molecule has 0 saturated carbocycles. The minimum atomic E-state index is -0.532. The molecular weight excluding hydrogens is 472 g/mol. The zero-order valence-corrected chi connectivity index (χ0v) is 20.1. The van der Waals surface area contributed by atoms with Gasteiger partial charge in [0, 0.05) is 38.7 Å². The number of benzene rings is 1. The summed E-state index contributed by atoms with van der Waals surface area (Å²) in [5.74, 6) is -0.521. The number of fused-ring (bicyclic) bond motifs is 1. The van der Waals surface area contributed by atoms with Crippen molar-refractivity contribution < 1.29 is 9.59 Å². The van der Waals surface area contributed by atoms with Crippen molar-refractivity contribution in [2.75, 3.05) is 16.8 Å². The number of nitrogens with one attached hydrogen (secondary N) is 1. The number of carbonyl (C=O) groups excluding carboxylic acids is 2. The average Bonchev–Trinajstić information content (AvgIpc) is 3.55. The molecule has 4 heterocycles. The molecule has 1 fully saturated rings. The molecule has 35 heavy (non-hydrogen) atoms. The van der Waals surface area contributed by atoms with Crippen LogP contribution in [0.1, 0.15) is 22.9 Å². The summed E-state index contributed by atoms with van der Waals surface area (Å²) in [4.78, 5) is 55.8. The van der Waals surface area contributed by atoms with Crippen molar-refractivity contribution in [1.82, 2.24) is 28.9 Å². The number of para-hydroxylation sites is 1. The third-order valence-corrected chi connectivity index (χ3v) is 7.10. The maximum Gasteiger partial charge on any atom is 0.332 e. The Hall–Kier alpha value is -4.13. The molecule has 2 amide bonds. The van der Waals surface area contributed by atoms with E-state index in [9.17, 15) is 19.2 Å². The van der Waals surface area contributed by atoms with Gasteiger partial charge in [-0.2, -0.15) is 0 Å². The monoisotopic (exact) mass is 494 g/mol. The molecule has 0 aliphatic carbocycles. The Morgan fingerprint density at radius 3 is 2.69 bits per heavy atom. The number of nitrogens with zero attached hydrogens (tertiary/aromatic N) is 7. The lowest BCUT2D eigenvalue weighted by Crippen LogP contribution is -2.37. The summed E-state index contributed by atoms with van der Waals surface area (Å²) in [6.07, 6.45) is 1.67. The third kappa shape index (κ3) is 3.93. The zero-order valence-electron chi connectivity index (χ0n) is 19.3. The van der Waals surface area contributed by atoms with E-state index < -0.39 is 17.2 Å². The number of hydrogen-bond donors (Lipinski definition) is 1. The fraction of sp³-hybridized carbons (Fsp3) is 0.318. The molecule has 1 aromatic carbocycles. The summed E-state index contributed by atoms with van der Waals surface area (Å²) in [7, 11) is 2.89. The quantitative estimate of drug-likeness (QED) is 0.432. The van der Waals surface area contributed by atoms with E-state index in [0.29, 0.717) is 23.1 Å². The summed E-state index contributed by atoms with van der Waals surface area (Å²) in [5, 5.41) is 11.9. The summed E-state index contributed by atoms with van der Waals surface area (Å²) in [6, 6.07) is 7.72. The van der Waals surface area contributed by atoms with Gasteiger partial charge in [0.15, 0.2) is 11.2 Å². The highest BCUT2D eigenvalue weighted by Gasteiger charge is 2.34. The number of amides is 2. The Bertz CT molecular complexity index is 1600. The van der Waals surface area contributed by atoms with Gasteiger partial charge < -0.3 is 9.47 Å². The number of imidazole rings is 1. The lowest BCUT2D eigenvalue weighted by molar-refractivity contribution is -0.117. The van der Waals surface area contributed by atoms with Crippen LogP contribution in [0.3, 0.4) is 0 Å². The van der Waals surface area contributed by atoms with Gasteiger partial charge in [0.1, 0.15) is 11.6 Å². The fourth-order valence-electron chi connectivity index (χ4n) is 4.25. The molecule has 0 unspecified atom stereocenters. The second kappa shape index (κ2) is 8.58. The van der Waals surface area contributed by atoms with Crippen LogP contribution >= 0.6 is 11.3 Å². The highest BCUT2D eigenvalue weighted by molar-refractivity contribution is 7.15. The normalized spacial score (nSPS) is 15.8. The molecule has 1 N–H and O–H groups in total. The van der Waals surface area contributed by atoms with Gasteiger partial charge in [-0.1, -0.05) is 29.5 Å². The number of anilines is 2. The van der Waals surface area contributed by atoms with E-state index in [2.05, 4.69) is 20.5 Å². The number of hydrogen-bond acceptors (Lipinski definition) is 8. The van der Waals surface area contributed by atoms with E-state index in [-0.39, 0.29) is 29.5 Å². The lowest BCUT2D eigenvalue weighted by atomic mass is 10.1. The van der Waals surface area contributed by atoms with E-state index in [0.717, 1.165) is 15.8 Å². The largest absolute Gasteiger partial charge is 0.332 e. The first-order chi connectivity index (χ1) is 16.7. The average molecular weight is 495 g/mol. The van der Waals surface area contributed by atoms with Crippen LogP contribution in [0.15, 0.2) is 40.2 Å². The highest BCUT2D eigenvalue weighted by atomic mass is 32.1. The molecule has 3 aromatic heterocycles. The van der Waals surface area contributed by atoms with Crippen molar-refractivity contribution in [3.8, 4) is 0 Å². The van der Waals surface area contributed by atoms with Gasteiger partial charge in [0.2, 0.25) is 16.9 Å². The second-order valence-corrected chi connectivity index (χ2v) is 9.45. The molecule has 4 aromatic rings. The molecule has 0 spiro atoms. The fourth-order valence-corrected chi connectivity index (χ4v) is 5.10. The molecule has 1 aliphatic heterocycles. The first-order valence-electron chi connectivity index (χ1n) is 10.8. The molecular formula is C22H22N8O4S. The lowest BCUT2D eigenvalue weighted by Gasteiger charge is -2.18. The van der Waals surface area contributed by atoms with Crippen molar-refractivity contribution in [3.05, 3.63) is 62.0 Å². The Labute approximate surface area is 202 Å². The highest BCUT2D eigenvalue weighted by Crippen LogP contribution is 2.35. The van der Waals surface area contributed by atoms with Crippen molar-refractivity contribution >= 4 is 45.1 Å². The molecule has 1 aliphatic rings. The molecule has 180 valence electrons. The van der Waals surface area contributed by atoms with Gasteiger partial charge in [-0.3, -0.25) is 28.8 Å². The first-order valence-corrected chi connectivity index (χ1v) is 11.7. The van der Waals surface area contributed by atoms with Crippen molar-refractivity contribution in [1.29, 1.82) is 0 Å². The number of aromatic nitrogens is 6. The van der Waals surface area contributed by atoms with E-state index in [1.165, 1.54) is 40.9 Å². The van der Waals surface area contributed by atoms with Gasteiger partial charge in [-0.05, 0) is 18.6 Å². The predicted molar refractivity (Wildman–Crippen MR) is 130 cm³/mol. The maximum absolute atomic E-state index is 12.7. The minimum absolute atomic E-state index is 0.0213. The van der Waals surface area contributed by atoms with Crippen molar-refractivity contribution in [2.45, 2.75) is 25.8 Å². The van der Waals surface area contributed by atoms with Crippen LogP contribution in [-0.2, 0) is 30.2 Å². The van der Waals surface area contributed by atoms with Crippen LogP contribution < -0.4 is 21.5 Å². The van der Waals surface area contributed by atoms with E-state index in [1.807, 2.05) is 31.2 Å². The summed E-state index contributed by atoms with van der Waals surface area (Å²) in [6.45, 7) is 2.27. The van der Waals surface area contributed by atoms with Crippen LogP contribution in [0.25, 0.3) is 11.2 Å². The Morgan fingerprint density at radius 2 is 1.91 bits per heavy atom. The van der Waals surface area contributed by atoms with Gasteiger partial charge in [-0.15, -0.1) is 10.2 Å². The molecule has 1 saturated heterocycles. The van der Waals surface area contributed by atoms with E-state index in [4.69, 9.17) is 0 Å². The molecule has 0 radical (unpaired) electrons. The number of aryl methyl sites for hydroxylation is 2. The standard InChI is InChI=1S/C22H22N8O4S/c1-12-6-4-5-7-14(12)30-9-13(8-16(30)32)19-25-26-21(35-19)24-15(31)10-29-11-23-18-17(29)20(33)28(3)22(34)27(18)2/h4-7,11,13H,8-10H2,1-3H3,(H,24,26,31)/t13-/m0/s1. The van der Waals surface area contributed by atoms with Gasteiger partial charge in [0.05, 0.1) is 6.33 Å². The molecule has 12 nitrogen and oxygen atoms in total. The van der Waals surface area contributed by atoms with Crippen LogP contribution in [0.4, 0.5) is 10.8 Å². The predicted octanol–water partition coefficient (Wildman–Crippen LogP) is 0.753. The molecule has 1 atom stereocenters. The zero-order chi connectivity index (χ0) is 24.9. The van der Waals surface area contributed by atoms with E-state index in [1.54, 1.807) is 4.90 Å². The van der Waals surface area contributed by atoms with Crippen LogP contribution in [0.2, 0.25) is 0 Å². The third-order valence-electron chi connectivity index (χ3n) is 6.10.